The molecule has 6 heteroatoms. The van der Waals surface area contributed by atoms with E-state index in [1.54, 1.807) is 0 Å². The number of amides is 1. The minimum atomic E-state index is -0.395. The van der Waals surface area contributed by atoms with Crippen LogP contribution in [0, 0.1) is 11.3 Å². The van der Waals surface area contributed by atoms with E-state index in [4.69, 9.17) is 9.47 Å². The molecule has 2 aromatic heterocycles. The summed E-state index contributed by atoms with van der Waals surface area (Å²) < 4.78 is 13.7. The molecule has 0 saturated carbocycles. The molecule has 168 valence electrons. The lowest BCUT2D eigenvalue weighted by molar-refractivity contribution is -0.148. The van der Waals surface area contributed by atoms with Gasteiger partial charge >= 0.3 is 0 Å². The standard InChI is InChI=1S/C26H31N3O3/c30-25(26(8-14-31-15-9-26)18-21-5-2-1-3-6-21)29-13-16-32-20-22(19-29)17-23-24-7-4-11-28(24)12-10-27-23/h1-7,10-12,22H,8-9,13-20H2/t22-/m0/s1. The molecule has 2 aliphatic rings. The van der Waals surface area contributed by atoms with Crippen LogP contribution in [0.15, 0.2) is 61.1 Å². The second kappa shape index (κ2) is 9.43. The van der Waals surface area contributed by atoms with Gasteiger partial charge in [-0.15, -0.1) is 0 Å². The van der Waals surface area contributed by atoms with Gasteiger partial charge in [-0.2, -0.15) is 0 Å². The molecule has 0 aliphatic carbocycles. The van der Waals surface area contributed by atoms with Gasteiger partial charge in [-0.1, -0.05) is 30.3 Å². The molecule has 2 fully saturated rings. The van der Waals surface area contributed by atoms with E-state index in [0.29, 0.717) is 39.5 Å². The molecule has 0 radical (unpaired) electrons. The van der Waals surface area contributed by atoms with Gasteiger partial charge in [0, 0.05) is 50.8 Å². The van der Waals surface area contributed by atoms with E-state index in [9.17, 15) is 4.79 Å². The first-order valence-electron chi connectivity index (χ1n) is 11.6. The number of ether oxygens (including phenoxy) is 2. The molecular weight excluding hydrogens is 402 g/mol. The van der Waals surface area contributed by atoms with Gasteiger partial charge in [-0.05, 0) is 43.4 Å². The van der Waals surface area contributed by atoms with E-state index in [1.165, 1.54) is 5.56 Å². The third-order valence-corrected chi connectivity index (χ3v) is 6.93. The molecule has 0 unspecified atom stereocenters. The zero-order valence-corrected chi connectivity index (χ0v) is 18.5. The maximum Gasteiger partial charge on any atom is 0.229 e. The average Bonchev–Trinajstić information content (AvgIpc) is 3.20. The van der Waals surface area contributed by atoms with Crippen LogP contribution in [0.1, 0.15) is 24.1 Å². The number of nitrogens with zero attached hydrogens (tertiary/aromatic N) is 3. The summed E-state index contributed by atoms with van der Waals surface area (Å²) in [5.41, 5.74) is 3.01. The van der Waals surface area contributed by atoms with Crippen molar-refractivity contribution in [1.29, 1.82) is 0 Å². The lowest BCUT2D eigenvalue weighted by atomic mass is 9.74. The van der Waals surface area contributed by atoms with Gasteiger partial charge in [-0.3, -0.25) is 9.78 Å². The predicted molar refractivity (Wildman–Crippen MR) is 122 cm³/mol. The zero-order chi connectivity index (χ0) is 21.8. The van der Waals surface area contributed by atoms with Crippen LogP contribution in [0.25, 0.3) is 5.52 Å². The van der Waals surface area contributed by atoms with Crippen LogP contribution in [0.4, 0.5) is 0 Å². The number of fused-ring (bicyclic) bond motifs is 1. The Morgan fingerprint density at radius 2 is 1.88 bits per heavy atom. The van der Waals surface area contributed by atoms with Crippen molar-refractivity contribution in [2.75, 3.05) is 39.5 Å². The summed E-state index contributed by atoms with van der Waals surface area (Å²) in [6, 6.07) is 14.5. The van der Waals surface area contributed by atoms with E-state index in [2.05, 4.69) is 44.6 Å². The molecule has 1 amide bonds. The topological polar surface area (TPSA) is 56.1 Å². The maximum atomic E-state index is 14.0. The molecule has 4 heterocycles. The molecule has 1 aromatic carbocycles. The highest BCUT2D eigenvalue weighted by molar-refractivity contribution is 5.83. The van der Waals surface area contributed by atoms with E-state index < -0.39 is 5.41 Å². The third-order valence-electron chi connectivity index (χ3n) is 6.93. The monoisotopic (exact) mass is 433 g/mol. The van der Waals surface area contributed by atoms with Crippen LogP contribution in [0.2, 0.25) is 0 Å². The Labute approximate surface area is 189 Å². The van der Waals surface area contributed by atoms with Crippen LogP contribution in [-0.4, -0.2) is 59.7 Å². The summed E-state index contributed by atoms with van der Waals surface area (Å²) in [7, 11) is 0. The smallest absolute Gasteiger partial charge is 0.229 e. The summed E-state index contributed by atoms with van der Waals surface area (Å²) in [4.78, 5) is 20.7. The SMILES string of the molecule is O=C(N1CCOC[C@@H](Cc2nccn3cccc23)C1)C1(Cc2ccccc2)CCOCC1. The van der Waals surface area contributed by atoms with Gasteiger partial charge in [-0.25, -0.2) is 0 Å². The fraction of sp³-hybridized carbons (Fsp3) is 0.462. The molecule has 0 spiro atoms. The van der Waals surface area contributed by atoms with E-state index in [0.717, 1.165) is 36.9 Å². The zero-order valence-electron chi connectivity index (χ0n) is 18.5. The Morgan fingerprint density at radius 3 is 2.72 bits per heavy atom. The molecule has 0 bridgehead atoms. The van der Waals surface area contributed by atoms with Crippen molar-refractivity contribution >= 4 is 11.4 Å². The highest BCUT2D eigenvalue weighted by Crippen LogP contribution is 2.37. The predicted octanol–water partition coefficient (Wildman–Crippen LogP) is 3.39. The first-order valence-corrected chi connectivity index (χ1v) is 11.6. The van der Waals surface area contributed by atoms with Crippen molar-refractivity contribution in [2.45, 2.75) is 25.7 Å². The highest BCUT2D eigenvalue weighted by atomic mass is 16.5. The first-order chi connectivity index (χ1) is 15.7. The summed E-state index contributed by atoms with van der Waals surface area (Å²) in [6.07, 6.45) is 8.96. The fourth-order valence-electron chi connectivity index (χ4n) is 5.20. The van der Waals surface area contributed by atoms with Crippen molar-refractivity contribution < 1.29 is 14.3 Å². The molecule has 2 aliphatic heterocycles. The Morgan fingerprint density at radius 1 is 1.03 bits per heavy atom. The van der Waals surface area contributed by atoms with Gasteiger partial charge in [0.05, 0.1) is 29.8 Å². The van der Waals surface area contributed by atoms with Gasteiger partial charge in [0.2, 0.25) is 5.91 Å². The lowest BCUT2D eigenvalue weighted by Gasteiger charge is -2.40. The summed E-state index contributed by atoms with van der Waals surface area (Å²) in [5.74, 6) is 0.484. The minimum absolute atomic E-state index is 0.226. The number of rotatable bonds is 5. The maximum absolute atomic E-state index is 14.0. The highest BCUT2D eigenvalue weighted by Gasteiger charge is 2.43. The van der Waals surface area contributed by atoms with Crippen LogP contribution >= 0.6 is 0 Å². The van der Waals surface area contributed by atoms with Crippen molar-refractivity contribution in [3.63, 3.8) is 0 Å². The minimum Gasteiger partial charge on any atom is -0.381 e. The quantitative estimate of drug-likeness (QED) is 0.619. The first kappa shape index (κ1) is 21.2. The van der Waals surface area contributed by atoms with Crippen molar-refractivity contribution in [1.82, 2.24) is 14.3 Å². The van der Waals surface area contributed by atoms with E-state index in [-0.39, 0.29) is 11.8 Å². The summed E-state index contributed by atoms with van der Waals surface area (Å²) in [5, 5.41) is 0. The van der Waals surface area contributed by atoms with Crippen LogP contribution in [0.5, 0.6) is 0 Å². The Hall–Kier alpha value is -2.70. The molecular formula is C26H31N3O3. The fourth-order valence-corrected chi connectivity index (χ4v) is 5.20. The normalized spacial score (nSPS) is 21.4. The van der Waals surface area contributed by atoms with Gasteiger partial charge in [0.1, 0.15) is 0 Å². The van der Waals surface area contributed by atoms with Crippen LogP contribution in [0.3, 0.4) is 0 Å². The number of hydrogen-bond acceptors (Lipinski definition) is 4. The lowest BCUT2D eigenvalue weighted by Crippen LogP contribution is -2.50. The second-order valence-electron chi connectivity index (χ2n) is 9.13. The van der Waals surface area contributed by atoms with Crippen molar-refractivity contribution in [2.24, 2.45) is 11.3 Å². The average molecular weight is 434 g/mol. The summed E-state index contributed by atoms with van der Waals surface area (Å²) in [6.45, 7) is 3.89. The Kier molecular flexibility index (Phi) is 6.23. The largest absolute Gasteiger partial charge is 0.381 e. The number of benzene rings is 1. The molecule has 5 rings (SSSR count). The molecule has 0 N–H and O–H groups in total. The molecule has 6 nitrogen and oxygen atoms in total. The van der Waals surface area contributed by atoms with E-state index in [1.807, 2.05) is 30.7 Å². The number of carbonyl (C=O) groups is 1. The third kappa shape index (κ3) is 4.43. The molecule has 2 saturated heterocycles. The molecule has 32 heavy (non-hydrogen) atoms. The number of hydrogen-bond donors (Lipinski definition) is 0. The molecule has 3 aromatic rings. The second-order valence-corrected chi connectivity index (χ2v) is 9.13. The number of carbonyl (C=O) groups excluding carboxylic acids is 1. The van der Waals surface area contributed by atoms with Gasteiger partial charge < -0.3 is 18.8 Å². The summed E-state index contributed by atoms with van der Waals surface area (Å²) >= 11 is 0. The van der Waals surface area contributed by atoms with Gasteiger partial charge in [0.15, 0.2) is 0 Å². The van der Waals surface area contributed by atoms with E-state index >= 15 is 0 Å². The Bertz CT molecular complexity index is 1040. The van der Waals surface area contributed by atoms with Crippen LogP contribution < -0.4 is 0 Å². The van der Waals surface area contributed by atoms with Crippen molar-refractivity contribution in [3.8, 4) is 0 Å². The number of aromatic nitrogens is 2. The van der Waals surface area contributed by atoms with Crippen LogP contribution in [-0.2, 0) is 27.1 Å². The van der Waals surface area contributed by atoms with Gasteiger partial charge in [0.25, 0.3) is 0 Å². The Balaban J connectivity index is 1.35. The molecule has 1 atom stereocenters. The van der Waals surface area contributed by atoms with Crippen molar-refractivity contribution in [3.05, 3.63) is 72.3 Å².